The third-order valence-electron chi connectivity index (χ3n) is 5.40. The number of fused-ring (bicyclic) bond motifs is 1. The first-order chi connectivity index (χ1) is 15.7. The maximum Gasteiger partial charge on any atom is 0.228 e. The van der Waals surface area contributed by atoms with E-state index in [-0.39, 0.29) is 12.0 Å². The van der Waals surface area contributed by atoms with Crippen molar-refractivity contribution < 1.29 is 19.0 Å². The largest absolute Gasteiger partial charge is 0.497 e. The number of amides is 1. The molecule has 170 valence electrons. The number of para-hydroxylation sites is 1. The number of thiazole rings is 1. The summed E-state index contributed by atoms with van der Waals surface area (Å²) in [6, 6.07) is 13.9. The first kappa shape index (κ1) is 22.9. The number of aromatic nitrogens is 1. The van der Waals surface area contributed by atoms with Crippen LogP contribution in [0.25, 0.3) is 10.2 Å². The average Bonchev–Trinajstić information content (AvgIpc) is 3.50. The number of carbonyl (C=O) groups is 1. The maximum absolute atomic E-state index is 13.2. The van der Waals surface area contributed by atoms with Crippen LogP contribution >= 0.6 is 23.1 Å². The fourth-order valence-electron chi connectivity index (χ4n) is 3.69. The second kappa shape index (κ2) is 11.0. The predicted molar refractivity (Wildman–Crippen MR) is 130 cm³/mol. The average molecular weight is 473 g/mol. The van der Waals surface area contributed by atoms with Crippen LogP contribution in [-0.2, 0) is 9.53 Å². The molecule has 0 radical (unpaired) electrons. The third-order valence-corrected chi connectivity index (χ3v) is 7.54. The fourth-order valence-corrected chi connectivity index (χ4v) is 5.55. The van der Waals surface area contributed by atoms with Gasteiger partial charge in [-0.15, -0.1) is 11.8 Å². The summed E-state index contributed by atoms with van der Waals surface area (Å²) in [5.41, 5.74) is 0.801. The van der Waals surface area contributed by atoms with Gasteiger partial charge in [-0.2, -0.15) is 0 Å². The van der Waals surface area contributed by atoms with Crippen molar-refractivity contribution >= 4 is 44.4 Å². The van der Waals surface area contributed by atoms with E-state index in [1.54, 1.807) is 26.0 Å². The topological polar surface area (TPSA) is 60.9 Å². The highest BCUT2D eigenvalue weighted by Gasteiger charge is 2.26. The maximum atomic E-state index is 13.2. The van der Waals surface area contributed by atoms with Gasteiger partial charge in [-0.1, -0.05) is 17.4 Å². The molecule has 0 spiro atoms. The van der Waals surface area contributed by atoms with E-state index >= 15 is 0 Å². The molecule has 1 aromatic heterocycles. The molecule has 1 saturated heterocycles. The van der Waals surface area contributed by atoms with E-state index in [0.717, 1.165) is 53.3 Å². The monoisotopic (exact) mass is 472 g/mol. The van der Waals surface area contributed by atoms with Crippen molar-refractivity contribution in [3.05, 3.63) is 42.5 Å². The summed E-state index contributed by atoms with van der Waals surface area (Å²) in [6.07, 6.45) is 3.36. The Bertz CT molecular complexity index is 1030. The van der Waals surface area contributed by atoms with E-state index in [4.69, 9.17) is 19.2 Å². The van der Waals surface area contributed by atoms with Gasteiger partial charge in [0.2, 0.25) is 5.91 Å². The SMILES string of the molecule is COc1ccc(SCCCC(=O)N(CC2CCCO2)c2nc3c(OC)cccc3s2)cc1. The van der Waals surface area contributed by atoms with E-state index in [1.165, 1.54) is 16.2 Å². The van der Waals surface area contributed by atoms with Gasteiger partial charge in [-0.3, -0.25) is 9.69 Å². The standard InChI is InChI=1S/C24H28N2O4S2/c1-28-17-10-12-19(13-11-17)31-15-5-9-22(27)26(16-18-6-4-14-30-18)24-25-23-20(29-2)7-3-8-21(23)32-24/h3,7-8,10-13,18H,4-6,9,14-16H2,1-2H3. The molecule has 1 fully saturated rings. The number of rotatable bonds is 10. The Morgan fingerprint density at radius 1 is 1.22 bits per heavy atom. The molecule has 4 rings (SSSR count). The predicted octanol–water partition coefficient (Wildman–Crippen LogP) is 5.40. The van der Waals surface area contributed by atoms with Gasteiger partial charge < -0.3 is 14.2 Å². The van der Waals surface area contributed by atoms with Gasteiger partial charge in [0.25, 0.3) is 0 Å². The first-order valence-electron chi connectivity index (χ1n) is 10.8. The number of hydrogen-bond acceptors (Lipinski definition) is 7. The summed E-state index contributed by atoms with van der Waals surface area (Å²) in [7, 11) is 3.31. The van der Waals surface area contributed by atoms with Crippen LogP contribution in [0.1, 0.15) is 25.7 Å². The van der Waals surface area contributed by atoms with Crippen molar-refractivity contribution in [1.82, 2.24) is 4.98 Å². The third kappa shape index (κ3) is 5.54. The first-order valence-corrected chi connectivity index (χ1v) is 12.6. The molecule has 0 N–H and O–H groups in total. The summed E-state index contributed by atoms with van der Waals surface area (Å²) in [5.74, 6) is 2.54. The highest BCUT2D eigenvalue weighted by Crippen LogP contribution is 2.35. The Kier molecular flexibility index (Phi) is 7.89. The van der Waals surface area contributed by atoms with Crippen molar-refractivity contribution in [3.8, 4) is 11.5 Å². The van der Waals surface area contributed by atoms with Gasteiger partial charge in [-0.05, 0) is 61.4 Å². The second-order valence-electron chi connectivity index (χ2n) is 7.57. The lowest BCUT2D eigenvalue weighted by atomic mass is 10.2. The quantitative estimate of drug-likeness (QED) is 0.291. The Balaban J connectivity index is 1.42. The molecule has 2 heterocycles. The smallest absolute Gasteiger partial charge is 0.228 e. The number of ether oxygens (including phenoxy) is 3. The van der Waals surface area contributed by atoms with Gasteiger partial charge in [0.15, 0.2) is 5.13 Å². The molecular formula is C24H28N2O4S2. The molecule has 1 unspecified atom stereocenters. The minimum Gasteiger partial charge on any atom is -0.497 e. The van der Waals surface area contributed by atoms with Gasteiger partial charge >= 0.3 is 0 Å². The Morgan fingerprint density at radius 3 is 2.78 bits per heavy atom. The van der Waals surface area contributed by atoms with Crippen LogP contribution < -0.4 is 14.4 Å². The summed E-state index contributed by atoms with van der Waals surface area (Å²) in [5, 5.41) is 0.716. The Morgan fingerprint density at radius 2 is 2.06 bits per heavy atom. The van der Waals surface area contributed by atoms with Crippen molar-refractivity contribution in [2.24, 2.45) is 0 Å². The number of thioether (sulfide) groups is 1. The Labute approximate surface area is 196 Å². The fraction of sp³-hybridized carbons (Fsp3) is 0.417. The number of anilines is 1. The number of carbonyl (C=O) groups excluding carboxylic acids is 1. The molecule has 1 aliphatic rings. The molecule has 8 heteroatoms. The second-order valence-corrected chi connectivity index (χ2v) is 9.75. The molecule has 0 bridgehead atoms. The molecule has 1 atom stereocenters. The van der Waals surface area contributed by atoms with E-state index < -0.39 is 0 Å². The van der Waals surface area contributed by atoms with E-state index in [0.29, 0.717) is 18.1 Å². The van der Waals surface area contributed by atoms with Crippen LogP contribution in [0, 0.1) is 0 Å². The van der Waals surface area contributed by atoms with Crippen LogP contribution in [0.3, 0.4) is 0 Å². The highest BCUT2D eigenvalue weighted by atomic mass is 32.2. The van der Waals surface area contributed by atoms with Gasteiger partial charge in [-0.25, -0.2) is 4.98 Å². The van der Waals surface area contributed by atoms with E-state index in [1.807, 2.05) is 47.4 Å². The van der Waals surface area contributed by atoms with Gasteiger partial charge in [0, 0.05) is 17.9 Å². The molecule has 3 aromatic rings. The van der Waals surface area contributed by atoms with E-state index in [9.17, 15) is 4.79 Å². The summed E-state index contributed by atoms with van der Waals surface area (Å²) < 4.78 is 17.5. The molecule has 1 amide bonds. The number of methoxy groups -OCH3 is 2. The lowest BCUT2D eigenvalue weighted by Gasteiger charge is -2.23. The van der Waals surface area contributed by atoms with Crippen molar-refractivity contribution in [2.45, 2.75) is 36.7 Å². The van der Waals surface area contributed by atoms with Crippen LogP contribution in [0.2, 0.25) is 0 Å². The van der Waals surface area contributed by atoms with Gasteiger partial charge in [0.1, 0.15) is 17.0 Å². The highest BCUT2D eigenvalue weighted by molar-refractivity contribution is 7.99. The molecule has 2 aromatic carbocycles. The Hall–Kier alpha value is -2.29. The molecule has 6 nitrogen and oxygen atoms in total. The molecule has 1 aliphatic heterocycles. The van der Waals surface area contributed by atoms with Gasteiger partial charge in [0.05, 0.1) is 31.6 Å². The number of benzene rings is 2. The number of hydrogen-bond donors (Lipinski definition) is 0. The zero-order valence-electron chi connectivity index (χ0n) is 18.4. The van der Waals surface area contributed by atoms with Crippen molar-refractivity contribution in [3.63, 3.8) is 0 Å². The summed E-state index contributed by atoms with van der Waals surface area (Å²) >= 11 is 3.28. The minimum atomic E-state index is 0.0709. The molecular weight excluding hydrogens is 444 g/mol. The minimum absolute atomic E-state index is 0.0709. The van der Waals surface area contributed by atoms with E-state index in [2.05, 4.69) is 0 Å². The molecule has 0 saturated carbocycles. The lowest BCUT2D eigenvalue weighted by molar-refractivity contribution is -0.119. The van der Waals surface area contributed by atoms with Crippen LogP contribution in [-0.4, -0.2) is 50.1 Å². The van der Waals surface area contributed by atoms with Crippen molar-refractivity contribution in [1.29, 1.82) is 0 Å². The molecule has 0 aliphatic carbocycles. The van der Waals surface area contributed by atoms with Crippen molar-refractivity contribution in [2.75, 3.05) is 38.0 Å². The molecule has 32 heavy (non-hydrogen) atoms. The van der Waals surface area contributed by atoms with Crippen LogP contribution in [0.15, 0.2) is 47.4 Å². The summed E-state index contributed by atoms with van der Waals surface area (Å²) in [4.78, 5) is 21.0. The summed E-state index contributed by atoms with van der Waals surface area (Å²) in [6.45, 7) is 1.31. The normalized spacial score (nSPS) is 15.8. The zero-order chi connectivity index (χ0) is 22.3. The zero-order valence-corrected chi connectivity index (χ0v) is 20.0. The van der Waals surface area contributed by atoms with Crippen LogP contribution in [0.4, 0.5) is 5.13 Å². The van der Waals surface area contributed by atoms with Crippen LogP contribution in [0.5, 0.6) is 11.5 Å². The lowest BCUT2D eigenvalue weighted by Crippen LogP contribution is -2.37. The number of nitrogens with zero attached hydrogens (tertiary/aromatic N) is 2.